The van der Waals surface area contributed by atoms with Crippen LogP contribution in [-0.4, -0.2) is 51.4 Å². The first-order chi connectivity index (χ1) is 13.9. The molecule has 10 heteroatoms. The number of carboxylic acids is 1. The molecule has 1 aromatic heterocycles. The fourth-order valence-electron chi connectivity index (χ4n) is 3.03. The molecular formula is C20H24Br2N2O6. The van der Waals surface area contributed by atoms with E-state index in [1.807, 2.05) is 6.07 Å². The third kappa shape index (κ3) is 5.54. The van der Waals surface area contributed by atoms with Gasteiger partial charge in [0.2, 0.25) is 0 Å². The van der Waals surface area contributed by atoms with E-state index in [9.17, 15) is 19.5 Å². The van der Waals surface area contributed by atoms with Crippen LogP contribution in [0.25, 0.3) is 10.9 Å². The van der Waals surface area contributed by atoms with Crippen LogP contribution in [0.3, 0.4) is 0 Å². The molecular weight excluding hydrogens is 524 g/mol. The number of amides is 1. The van der Waals surface area contributed by atoms with Gasteiger partial charge < -0.3 is 19.1 Å². The van der Waals surface area contributed by atoms with Crippen LogP contribution in [0, 0.1) is 0 Å². The largest absolute Gasteiger partial charge is 0.478 e. The van der Waals surface area contributed by atoms with Gasteiger partial charge >= 0.3 is 18.0 Å². The van der Waals surface area contributed by atoms with Crippen LogP contribution in [-0.2, 0) is 27.9 Å². The summed E-state index contributed by atoms with van der Waals surface area (Å²) in [5.74, 6) is -1.75. The Balaban J connectivity index is 2.58. The number of fused-ring (bicyclic) bond motifs is 1. The Bertz CT molecular complexity index is 994. The number of aryl methyl sites for hydroxylation is 1. The van der Waals surface area contributed by atoms with Crippen molar-refractivity contribution in [1.29, 1.82) is 0 Å². The number of aromatic nitrogens is 1. The standard InChI is InChI=1S/C20H24Br2N2O6/c1-6-29-15(25)10-24(19(28)30-20(2,3)4)9-14-16(18(26)27)12-7-11(21)8-13(22)17(12)23(14)5/h7-8H,6,9-10H2,1-5H3,(H,26,27). The lowest BCUT2D eigenvalue weighted by Crippen LogP contribution is -2.40. The monoisotopic (exact) mass is 546 g/mol. The van der Waals surface area contributed by atoms with E-state index in [1.165, 1.54) is 0 Å². The van der Waals surface area contributed by atoms with Crippen LogP contribution in [0.4, 0.5) is 4.79 Å². The number of rotatable bonds is 6. The maximum atomic E-state index is 12.8. The lowest BCUT2D eigenvalue weighted by atomic mass is 10.1. The minimum absolute atomic E-state index is 0.0481. The van der Waals surface area contributed by atoms with Gasteiger partial charge in [-0.05, 0) is 55.8 Å². The second kappa shape index (κ2) is 9.38. The van der Waals surface area contributed by atoms with E-state index in [4.69, 9.17) is 9.47 Å². The summed E-state index contributed by atoms with van der Waals surface area (Å²) in [5, 5.41) is 10.4. The predicted octanol–water partition coefficient (Wildman–Crippen LogP) is 4.70. The first-order valence-electron chi connectivity index (χ1n) is 9.18. The van der Waals surface area contributed by atoms with Crippen LogP contribution in [0.1, 0.15) is 43.7 Å². The number of nitrogens with zero attached hydrogens (tertiary/aromatic N) is 2. The molecule has 0 aliphatic carbocycles. The predicted molar refractivity (Wildman–Crippen MR) is 119 cm³/mol. The highest BCUT2D eigenvalue weighted by Gasteiger charge is 2.29. The number of ether oxygens (including phenoxy) is 2. The van der Waals surface area contributed by atoms with Crippen molar-refractivity contribution < 1.29 is 29.0 Å². The molecule has 0 saturated heterocycles. The SMILES string of the molecule is CCOC(=O)CN(Cc1c(C(=O)O)c2cc(Br)cc(Br)c2n1C)C(=O)OC(C)(C)C. The lowest BCUT2D eigenvalue weighted by Gasteiger charge is -2.27. The Labute approximate surface area is 191 Å². The molecule has 2 aromatic rings. The molecule has 0 fully saturated rings. The van der Waals surface area contributed by atoms with E-state index < -0.39 is 23.6 Å². The summed E-state index contributed by atoms with van der Waals surface area (Å²) in [5.41, 5.74) is 0.274. The Hall–Kier alpha value is -2.07. The summed E-state index contributed by atoms with van der Waals surface area (Å²) >= 11 is 6.85. The zero-order valence-corrected chi connectivity index (χ0v) is 20.6. The van der Waals surface area contributed by atoms with Gasteiger partial charge in [0, 0.05) is 21.4 Å². The van der Waals surface area contributed by atoms with Crippen molar-refractivity contribution >= 4 is 60.8 Å². The summed E-state index contributed by atoms with van der Waals surface area (Å²) in [6.45, 7) is 6.44. The van der Waals surface area contributed by atoms with Gasteiger partial charge in [-0.3, -0.25) is 9.69 Å². The molecule has 2 rings (SSSR count). The molecule has 164 valence electrons. The van der Waals surface area contributed by atoms with E-state index in [0.717, 1.165) is 4.90 Å². The van der Waals surface area contributed by atoms with Gasteiger partial charge in [-0.25, -0.2) is 9.59 Å². The summed E-state index contributed by atoms with van der Waals surface area (Å²) in [6, 6.07) is 3.51. The van der Waals surface area contributed by atoms with Crippen molar-refractivity contribution in [3.63, 3.8) is 0 Å². The lowest BCUT2D eigenvalue weighted by molar-refractivity contribution is -0.144. The number of carbonyl (C=O) groups excluding carboxylic acids is 2. The molecule has 0 aliphatic heterocycles. The number of halogens is 2. The zero-order valence-electron chi connectivity index (χ0n) is 17.4. The molecule has 30 heavy (non-hydrogen) atoms. The first-order valence-corrected chi connectivity index (χ1v) is 10.8. The number of esters is 1. The minimum atomic E-state index is -1.14. The molecule has 1 N–H and O–H groups in total. The Kier molecular flexibility index (Phi) is 7.57. The maximum absolute atomic E-state index is 12.8. The number of carbonyl (C=O) groups is 3. The second-order valence-electron chi connectivity index (χ2n) is 7.61. The normalized spacial score (nSPS) is 11.4. The van der Waals surface area contributed by atoms with Crippen molar-refractivity contribution in [2.75, 3.05) is 13.2 Å². The topological polar surface area (TPSA) is 98.1 Å². The number of carboxylic acid groups (broad SMARTS) is 1. The van der Waals surface area contributed by atoms with Gasteiger partial charge in [0.15, 0.2) is 0 Å². The number of hydrogen-bond acceptors (Lipinski definition) is 5. The third-order valence-corrected chi connectivity index (χ3v) is 5.22. The molecule has 8 nitrogen and oxygen atoms in total. The maximum Gasteiger partial charge on any atom is 0.411 e. The number of benzene rings is 1. The average Bonchev–Trinajstić information content (AvgIpc) is 2.85. The fraction of sp³-hybridized carbons (Fsp3) is 0.450. The molecule has 0 atom stereocenters. The van der Waals surface area contributed by atoms with Crippen LogP contribution >= 0.6 is 31.9 Å². The second-order valence-corrected chi connectivity index (χ2v) is 9.38. The Morgan fingerprint density at radius 2 is 1.83 bits per heavy atom. The van der Waals surface area contributed by atoms with E-state index in [2.05, 4.69) is 31.9 Å². The molecule has 0 aliphatic rings. The van der Waals surface area contributed by atoms with Gasteiger partial charge in [0.05, 0.1) is 29.9 Å². The van der Waals surface area contributed by atoms with E-state index in [1.54, 1.807) is 45.4 Å². The van der Waals surface area contributed by atoms with Crippen molar-refractivity contribution in [3.8, 4) is 0 Å². The van der Waals surface area contributed by atoms with E-state index in [0.29, 0.717) is 25.5 Å². The summed E-state index contributed by atoms with van der Waals surface area (Å²) in [4.78, 5) is 38.1. The van der Waals surface area contributed by atoms with Crippen molar-refractivity contribution in [2.45, 2.75) is 39.8 Å². The van der Waals surface area contributed by atoms with Crippen molar-refractivity contribution in [1.82, 2.24) is 9.47 Å². The van der Waals surface area contributed by atoms with Crippen molar-refractivity contribution in [3.05, 3.63) is 32.3 Å². The highest BCUT2D eigenvalue weighted by molar-refractivity contribution is 9.11. The average molecular weight is 548 g/mol. The highest BCUT2D eigenvalue weighted by Crippen LogP contribution is 2.35. The molecule has 0 unspecified atom stereocenters. The molecule has 0 saturated carbocycles. The van der Waals surface area contributed by atoms with Crippen LogP contribution in [0.2, 0.25) is 0 Å². The first kappa shape index (κ1) is 24.2. The summed E-state index contributed by atoms with van der Waals surface area (Å²) < 4.78 is 13.5. The van der Waals surface area contributed by atoms with Gasteiger partial charge in [-0.15, -0.1) is 0 Å². The van der Waals surface area contributed by atoms with E-state index in [-0.39, 0.29) is 25.3 Å². The zero-order chi connectivity index (χ0) is 22.8. The van der Waals surface area contributed by atoms with E-state index >= 15 is 0 Å². The summed E-state index contributed by atoms with van der Waals surface area (Å²) in [7, 11) is 1.71. The van der Waals surface area contributed by atoms with Gasteiger partial charge in [0.1, 0.15) is 12.1 Å². The summed E-state index contributed by atoms with van der Waals surface area (Å²) in [6.07, 6.45) is -0.739. The fourth-order valence-corrected chi connectivity index (χ4v) is 4.53. The molecule has 1 aromatic carbocycles. The van der Waals surface area contributed by atoms with Crippen LogP contribution < -0.4 is 0 Å². The van der Waals surface area contributed by atoms with Crippen LogP contribution in [0.5, 0.6) is 0 Å². The molecule has 0 radical (unpaired) electrons. The molecule has 0 spiro atoms. The Morgan fingerprint density at radius 1 is 1.20 bits per heavy atom. The van der Waals surface area contributed by atoms with Gasteiger partial charge in [0.25, 0.3) is 0 Å². The van der Waals surface area contributed by atoms with Gasteiger partial charge in [-0.2, -0.15) is 0 Å². The minimum Gasteiger partial charge on any atom is -0.478 e. The Morgan fingerprint density at radius 3 is 2.37 bits per heavy atom. The highest BCUT2D eigenvalue weighted by atomic mass is 79.9. The quantitative estimate of drug-likeness (QED) is 0.526. The molecule has 1 amide bonds. The molecule has 0 bridgehead atoms. The molecule has 1 heterocycles. The number of hydrogen-bond donors (Lipinski definition) is 1. The third-order valence-electron chi connectivity index (χ3n) is 4.16. The number of aromatic carboxylic acids is 1. The van der Waals surface area contributed by atoms with Crippen LogP contribution in [0.15, 0.2) is 21.1 Å². The van der Waals surface area contributed by atoms with Gasteiger partial charge in [-0.1, -0.05) is 15.9 Å². The smallest absolute Gasteiger partial charge is 0.411 e. The van der Waals surface area contributed by atoms with Crippen molar-refractivity contribution in [2.24, 2.45) is 7.05 Å².